The van der Waals surface area contributed by atoms with Gasteiger partial charge in [-0.15, -0.1) is 0 Å². The van der Waals surface area contributed by atoms with Crippen molar-refractivity contribution in [2.45, 2.75) is 103 Å². The number of hydrogen-bond acceptors (Lipinski definition) is 9. The molecular formula is C43H54O9Si. The summed E-state index contributed by atoms with van der Waals surface area (Å²) >= 11 is 0. The number of rotatable bonds is 15. The van der Waals surface area contributed by atoms with E-state index in [0.29, 0.717) is 0 Å². The van der Waals surface area contributed by atoms with Crippen LogP contribution in [0.25, 0.3) is 0 Å². The molecule has 1 saturated heterocycles. The highest BCUT2D eigenvalue weighted by molar-refractivity contribution is 6.74. The summed E-state index contributed by atoms with van der Waals surface area (Å²) in [5.74, 6) is -2.05. The van der Waals surface area contributed by atoms with Gasteiger partial charge in [-0.3, -0.25) is 0 Å². The molecule has 0 aromatic heterocycles. The van der Waals surface area contributed by atoms with Crippen molar-refractivity contribution in [3.63, 3.8) is 0 Å². The van der Waals surface area contributed by atoms with E-state index in [1.807, 2.05) is 13.0 Å². The lowest BCUT2D eigenvalue weighted by Crippen LogP contribution is -2.63. The van der Waals surface area contributed by atoms with Crippen LogP contribution in [0, 0.1) is 0 Å². The van der Waals surface area contributed by atoms with E-state index < -0.39 is 56.9 Å². The van der Waals surface area contributed by atoms with E-state index in [2.05, 4.69) is 53.8 Å². The molecule has 0 N–H and O–H groups in total. The third-order valence-corrected chi connectivity index (χ3v) is 14.0. The predicted molar refractivity (Wildman–Crippen MR) is 207 cm³/mol. The van der Waals surface area contributed by atoms with E-state index in [4.69, 9.17) is 28.1 Å². The molecule has 10 heteroatoms. The summed E-state index contributed by atoms with van der Waals surface area (Å²) in [4.78, 5) is 41.2. The van der Waals surface area contributed by atoms with E-state index in [9.17, 15) is 14.4 Å². The lowest BCUT2D eigenvalue weighted by molar-refractivity contribution is -0.295. The summed E-state index contributed by atoms with van der Waals surface area (Å²) in [6.07, 6.45) is -0.281. The van der Waals surface area contributed by atoms with Gasteiger partial charge in [-0.25, -0.2) is 14.4 Å². The lowest BCUT2D eigenvalue weighted by Gasteiger charge is -2.45. The van der Waals surface area contributed by atoms with Crippen molar-refractivity contribution in [2.24, 2.45) is 0 Å². The fourth-order valence-electron chi connectivity index (χ4n) is 5.33. The number of hydrogen-bond donors (Lipinski definition) is 0. The average Bonchev–Trinajstić information content (AvgIpc) is 3.13. The van der Waals surface area contributed by atoms with Crippen molar-refractivity contribution >= 4 is 26.2 Å². The molecule has 9 nitrogen and oxygen atoms in total. The van der Waals surface area contributed by atoms with E-state index in [0.717, 1.165) is 18.4 Å². The number of benzene rings is 3. The van der Waals surface area contributed by atoms with E-state index >= 15 is 0 Å². The molecule has 53 heavy (non-hydrogen) atoms. The van der Waals surface area contributed by atoms with Crippen LogP contribution in [0.5, 0.6) is 0 Å². The number of esters is 3. The first kappa shape index (κ1) is 41.4. The van der Waals surface area contributed by atoms with Crippen LogP contribution >= 0.6 is 0 Å². The van der Waals surface area contributed by atoms with Crippen LogP contribution in [0.2, 0.25) is 18.1 Å². The summed E-state index contributed by atoms with van der Waals surface area (Å²) in [6, 6.07) is 25.4. The first-order valence-corrected chi connectivity index (χ1v) is 21.0. The Morgan fingerprint density at radius 3 is 1.58 bits per heavy atom. The van der Waals surface area contributed by atoms with Crippen LogP contribution in [0.15, 0.2) is 114 Å². The molecule has 0 aliphatic carbocycles. The highest BCUT2D eigenvalue weighted by atomic mass is 28.4. The summed E-state index contributed by atoms with van der Waals surface area (Å²) in [5, 5.41) is -0.144. The Bertz CT molecular complexity index is 1690. The van der Waals surface area contributed by atoms with E-state index in [1.165, 1.54) is 5.57 Å². The Kier molecular flexibility index (Phi) is 14.9. The average molecular weight is 743 g/mol. The Morgan fingerprint density at radius 2 is 1.13 bits per heavy atom. The maximum absolute atomic E-state index is 13.8. The van der Waals surface area contributed by atoms with Gasteiger partial charge in [0.25, 0.3) is 0 Å². The van der Waals surface area contributed by atoms with Crippen molar-refractivity contribution in [2.75, 3.05) is 13.2 Å². The normalized spacial score (nSPS) is 20.6. The summed E-state index contributed by atoms with van der Waals surface area (Å²) in [6.45, 7) is 16.8. The van der Waals surface area contributed by atoms with Gasteiger partial charge >= 0.3 is 17.9 Å². The SMILES string of the molecule is CC(C)=CCC/C(C)=C\CO[C@@H]1O[C@H](CO[Si](C)(C)C(C)(C)C)[C@@H](OC(=O)c2ccccc2)[C@H](OC(=O)c2ccccc2)[C@H]1OC(=O)c1ccccc1. The standard InChI is InChI=1S/C43H54O9Si/c1-30(2)19-18-20-31(3)27-28-47-42-38(52-41(46)34-25-16-11-17-26-34)37(51-40(45)33-23-14-10-15-24-33)36(50-39(44)32-21-12-9-13-22-32)35(49-42)29-48-53(7,8)43(4,5)6/h9-17,19,21-27,35-38,42H,18,20,28-29H2,1-8H3/b31-27-/t35-,36-,37+,38-,42-/m1/s1. The fourth-order valence-corrected chi connectivity index (χ4v) is 6.34. The monoisotopic (exact) mass is 742 g/mol. The summed E-state index contributed by atoms with van der Waals surface area (Å²) < 4.78 is 38.1. The van der Waals surface area contributed by atoms with Gasteiger partial charge in [-0.2, -0.15) is 0 Å². The second-order valence-electron chi connectivity index (χ2n) is 15.0. The number of allylic oxidation sites excluding steroid dienone is 3. The van der Waals surface area contributed by atoms with Crippen LogP contribution in [0.1, 0.15) is 85.5 Å². The number of ether oxygens (including phenoxy) is 5. The van der Waals surface area contributed by atoms with Gasteiger partial charge in [0, 0.05) is 0 Å². The Labute approximate surface area is 315 Å². The molecule has 284 valence electrons. The third kappa shape index (κ3) is 12.1. The Morgan fingerprint density at radius 1 is 0.679 bits per heavy atom. The molecular weight excluding hydrogens is 689 g/mol. The summed E-state index contributed by atoms with van der Waals surface area (Å²) in [7, 11) is -2.37. The second kappa shape index (κ2) is 19.1. The molecule has 0 amide bonds. The highest BCUT2D eigenvalue weighted by Crippen LogP contribution is 2.38. The van der Waals surface area contributed by atoms with Crippen molar-refractivity contribution < 1.29 is 42.5 Å². The van der Waals surface area contributed by atoms with E-state index in [-0.39, 0.29) is 34.9 Å². The van der Waals surface area contributed by atoms with Crippen LogP contribution in [0.4, 0.5) is 0 Å². The Hall–Kier alpha value is -4.35. The van der Waals surface area contributed by atoms with Gasteiger partial charge in [0.1, 0.15) is 6.10 Å². The maximum atomic E-state index is 13.8. The lowest BCUT2D eigenvalue weighted by atomic mass is 9.97. The molecule has 3 aromatic carbocycles. The van der Waals surface area contributed by atoms with Crippen molar-refractivity contribution in [3.05, 3.63) is 131 Å². The molecule has 0 saturated carbocycles. The summed E-state index contributed by atoms with van der Waals surface area (Å²) in [5.41, 5.74) is 3.18. The van der Waals surface area contributed by atoms with Gasteiger partial charge in [-0.1, -0.05) is 98.7 Å². The fraction of sp³-hybridized carbons (Fsp3) is 0.419. The minimum atomic E-state index is -2.37. The van der Waals surface area contributed by atoms with Crippen LogP contribution < -0.4 is 0 Å². The van der Waals surface area contributed by atoms with Gasteiger partial charge in [0.2, 0.25) is 0 Å². The van der Waals surface area contributed by atoms with Gasteiger partial charge in [-0.05, 0) is 88.1 Å². The molecule has 1 aliphatic rings. The highest BCUT2D eigenvalue weighted by Gasteiger charge is 2.54. The molecule has 0 spiro atoms. The maximum Gasteiger partial charge on any atom is 0.338 e. The molecule has 0 bridgehead atoms. The topological polar surface area (TPSA) is 107 Å². The minimum Gasteiger partial charge on any atom is -0.452 e. The molecule has 5 atom stereocenters. The van der Waals surface area contributed by atoms with E-state index in [1.54, 1.807) is 91.0 Å². The molecule has 1 heterocycles. The van der Waals surface area contributed by atoms with Gasteiger partial charge in [0.05, 0.1) is 29.9 Å². The molecule has 1 fully saturated rings. The molecule has 3 aromatic rings. The first-order valence-electron chi connectivity index (χ1n) is 18.1. The van der Waals surface area contributed by atoms with Crippen molar-refractivity contribution in [1.82, 2.24) is 0 Å². The number of carbonyl (C=O) groups excluding carboxylic acids is 3. The molecule has 4 rings (SSSR count). The van der Waals surface area contributed by atoms with Crippen LogP contribution in [-0.4, -0.2) is 70.1 Å². The van der Waals surface area contributed by atoms with Crippen LogP contribution in [-0.2, 0) is 28.1 Å². The van der Waals surface area contributed by atoms with Crippen molar-refractivity contribution in [3.8, 4) is 0 Å². The smallest absolute Gasteiger partial charge is 0.338 e. The minimum absolute atomic E-state index is 0.000597. The Balaban J connectivity index is 1.78. The van der Waals surface area contributed by atoms with Crippen LogP contribution in [0.3, 0.4) is 0 Å². The largest absolute Gasteiger partial charge is 0.452 e. The first-order chi connectivity index (χ1) is 25.2. The zero-order chi connectivity index (χ0) is 38.6. The number of carbonyl (C=O) groups is 3. The van der Waals surface area contributed by atoms with Crippen molar-refractivity contribution in [1.29, 1.82) is 0 Å². The quantitative estimate of drug-likeness (QED) is 0.0652. The van der Waals surface area contributed by atoms with Gasteiger partial charge < -0.3 is 28.1 Å². The predicted octanol–water partition coefficient (Wildman–Crippen LogP) is 9.12. The molecule has 0 unspecified atom stereocenters. The second-order valence-corrected chi connectivity index (χ2v) is 19.8. The zero-order valence-corrected chi connectivity index (χ0v) is 33.2. The zero-order valence-electron chi connectivity index (χ0n) is 32.2. The van der Waals surface area contributed by atoms with Gasteiger partial charge in [0.15, 0.2) is 32.9 Å². The molecule has 1 aliphatic heterocycles. The third-order valence-electron chi connectivity index (χ3n) is 9.55. The molecule has 0 radical (unpaired) electrons.